The molecule has 0 aromatic heterocycles. The van der Waals surface area contributed by atoms with E-state index in [0.717, 1.165) is 12.8 Å². The molecule has 0 saturated heterocycles. The van der Waals surface area contributed by atoms with Crippen molar-refractivity contribution in [3.05, 3.63) is 64.7 Å². The van der Waals surface area contributed by atoms with Crippen molar-refractivity contribution in [2.75, 3.05) is 6.61 Å². The van der Waals surface area contributed by atoms with Crippen molar-refractivity contribution in [3.63, 3.8) is 0 Å². The molecule has 108 valence electrons. The molecule has 2 aromatic carbocycles. The predicted octanol–water partition coefficient (Wildman–Crippen LogP) is 3.52. The number of aryl methyl sites for hydroxylation is 1. The van der Waals surface area contributed by atoms with Crippen molar-refractivity contribution < 1.29 is 9.53 Å². The van der Waals surface area contributed by atoms with Gasteiger partial charge >= 0.3 is 0 Å². The minimum atomic E-state index is -0.128. The van der Waals surface area contributed by atoms with E-state index in [2.05, 4.69) is 17.4 Å². The molecule has 3 nitrogen and oxygen atoms in total. The summed E-state index contributed by atoms with van der Waals surface area (Å²) in [6, 6.07) is 15.4. The van der Waals surface area contributed by atoms with Crippen molar-refractivity contribution in [1.82, 2.24) is 5.32 Å². The molecule has 1 unspecified atom stereocenters. The maximum atomic E-state index is 12.0. The molecule has 1 amide bonds. The van der Waals surface area contributed by atoms with Crippen LogP contribution in [0.5, 0.6) is 5.75 Å². The van der Waals surface area contributed by atoms with E-state index in [1.165, 1.54) is 11.1 Å². The zero-order valence-corrected chi connectivity index (χ0v) is 12.3. The van der Waals surface area contributed by atoms with Crippen LogP contribution in [-0.2, 0) is 11.2 Å². The van der Waals surface area contributed by atoms with E-state index in [-0.39, 0.29) is 18.6 Å². The molecule has 0 heterocycles. The number of carbonyl (C=O) groups is 1. The highest BCUT2D eigenvalue weighted by atomic mass is 35.5. The number of halogens is 1. The standard InChI is InChI=1S/C17H16ClNO2/c18-14-7-3-4-8-16(14)21-11-17(20)19-15-10-9-12-5-1-2-6-13(12)15/h1-8,15H,9-11H2,(H,19,20). The Hall–Kier alpha value is -2.00. The summed E-state index contributed by atoms with van der Waals surface area (Å²) >= 11 is 5.99. The van der Waals surface area contributed by atoms with E-state index >= 15 is 0 Å². The number of benzene rings is 2. The fourth-order valence-corrected chi connectivity index (χ4v) is 2.84. The minimum absolute atomic E-state index is 0.0254. The van der Waals surface area contributed by atoms with Gasteiger partial charge < -0.3 is 10.1 Å². The van der Waals surface area contributed by atoms with Crippen LogP contribution < -0.4 is 10.1 Å². The number of para-hydroxylation sites is 1. The van der Waals surface area contributed by atoms with Gasteiger partial charge in [-0.1, -0.05) is 48.0 Å². The lowest BCUT2D eigenvalue weighted by Gasteiger charge is -2.14. The van der Waals surface area contributed by atoms with E-state index in [4.69, 9.17) is 16.3 Å². The average Bonchev–Trinajstić information content (AvgIpc) is 2.90. The molecule has 1 atom stereocenters. The average molecular weight is 302 g/mol. The fraction of sp³-hybridized carbons (Fsp3) is 0.235. The van der Waals surface area contributed by atoms with Crippen LogP contribution in [0.4, 0.5) is 0 Å². The maximum absolute atomic E-state index is 12.0. The molecule has 4 heteroatoms. The van der Waals surface area contributed by atoms with Gasteiger partial charge in [0.1, 0.15) is 5.75 Å². The number of amides is 1. The zero-order chi connectivity index (χ0) is 14.7. The zero-order valence-electron chi connectivity index (χ0n) is 11.5. The van der Waals surface area contributed by atoms with Crippen LogP contribution in [0.3, 0.4) is 0 Å². The second-order valence-corrected chi connectivity index (χ2v) is 5.48. The lowest BCUT2D eigenvalue weighted by molar-refractivity contribution is -0.123. The van der Waals surface area contributed by atoms with Crippen LogP contribution in [-0.4, -0.2) is 12.5 Å². The number of rotatable bonds is 4. The van der Waals surface area contributed by atoms with Crippen LogP contribution in [0.25, 0.3) is 0 Å². The van der Waals surface area contributed by atoms with Gasteiger partial charge in [-0.25, -0.2) is 0 Å². The summed E-state index contributed by atoms with van der Waals surface area (Å²) in [5.41, 5.74) is 2.53. The Morgan fingerprint density at radius 3 is 2.81 bits per heavy atom. The third-order valence-corrected chi connectivity index (χ3v) is 3.98. The molecule has 2 aromatic rings. The molecule has 0 aliphatic heterocycles. The summed E-state index contributed by atoms with van der Waals surface area (Å²) in [6.07, 6.45) is 1.95. The summed E-state index contributed by atoms with van der Waals surface area (Å²) in [6.45, 7) is -0.0254. The van der Waals surface area contributed by atoms with E-state index in [1.807, 2.05) is 24.3 Å². The summed E-state index contributed by atoms with van der Waals surface area (Å²) in [4.78, 5) is 12.0. The smallest absolute Gasteiger partial charge is 0.258 e. The molecule has 21 heavy (non-hydrogen) atoms. The van der Waals surface area contributed by atoms with Gasteiger partial charge in [-0.3, -0.25) is 4.79 Å². The number of hydrogen-bond acceptors (Lipinski definition) is 2. The van der Waals surface area contributed by atoms with Crippen molar-refractivity contribution in [2.45, 2.75) is 18.9 Å². The molecule has 3 rings (SSSR count). The Balaban J connectivity index is 1.57. The van der Waals surface area contributed by atoms with Gasteiger partial charge in [0.2, 0.25) is 0 Å². The summed E-state index contributed by atoms with van der Waals surface area (Å²) in [5, 5.41) is 3.53. The van der Waals surface area contributed by atoms with Gasteiger partial charge in [-0.05, 0) is 36.1 Å². The Bertz CT molecular complexity index is 657. The third kappa shape index (κ3) is 3.19. The van der Waals surface area contributed by atoms with Crippen molar-refractivity contribution in [2.24, 2.45) is 0 Å². The number of ether oxygens (including phenoxy) is 1. The molecule has 0 saturated carbocycles. The third-order valence-electron chi connectivity index (χ3n) is 3.66. The normalized spacial score (nSPS) is 16.3. The number of hydrogen-bond donors (Lipinski definition) is 1. The largest absolute Gasteiger partial charge is 0.482 e. The first-order valence-electron chi connectivity index (χ1n) is 6.98. The highest BCUT2D eigenvalue weighted by molar-refractivity contribution is 6.32. The van der Waals surface area contributed by atoms with Gasteiger partial charge in [0, 0.05) is 0 Å². The molecule has 0 radical (unpaired) electrons. The highest BCUT2D eigenvalue weighted by Crippen LogP contribution is 2.30. The van der Waals surface area contributed by atoms with E-state index < -0.39 is 0 Å². The molecule has 1 aliphatic carbocycles. The first kappa shape index (κ1) is 14.0. The van der Waals surface area contributed by atoms with Crippen molar-refractivity contribution in [1.29, 1.82) is 0 Å². The second-order valence-electron chi connectivity index (χ2n) is 5.08. The maximum Gasteiger partial charge on any atom is 0.258 e. The van der Waals surface area contributed by atoms with E-state index in [1.54, 1.807) is 12.1 Å². The first-order valence-corrected chi connectivity index (χ1v) is 7.36. The Kier molecular flexibility index (Phi) is 4.11. The van der Waals surface area contributed by atoms with Crippen molar-refractivity contribution in [3.8, 4) is 5.75 Å². The van der Waals surface area contributed by atoms with E-state index in [0.29, 0.717) is 10.8 Å². The summed E-state index contributed by atoms with van der Waals surface area (Å²) < 4.78 is 5.45. The topological polar surface area (TPSA) is 38.3 Å². The van der Waals surface area contributed by atoms with Gasteiger partial charge in [0.15, 0.2) is 6.61 Å². The van der Waals surface area contributed by atoms with Crippen LogP contribution >= 0.6 is 11.6 Å². The number of nitrogens with one attached hydrogen (secondary N) is 1. The highest BCUT2D eigenvalue weighted by Gasteiger charge is 2.23. The molecule has 1 N–H and O–H groups in total. The van der Waals surface area contributed by atoms with Gasteiger partial charge in [0.25, 0.3) is 5.91 Å². The predicted molar refractivity (Wildman–Crippen MR) is 82.6 cm³/mol. The Morgan fingerprint density at radius 2 is 1.95 bits per heavy atom. The molecule has 0 fully saturated rings. The Labute approximate surface area is 128 Å². The number of fused-ring (bicyclic) bond motifs is 1. The molecule has 1 aliphatic rings. The lowest BCUT2D eigenvalue weighted by Crippen LogP contribution is -2.31. The minimum Gasteiger partial charge on any atom is -0.482 e. The van der Waals surface area contributed by atoms with Gasteiger partial charge in [-0.15, -0.1) is 0 Å². The quantitative estimate of drug-likeness (QED) is 0.938. The van der Waals surface area contributed by atoms with Crippen LogP contribution in [0.1, 0.15) is 23.6 Å². The monoisotopic (exact) mass is 301 g/mol. The van der Waals surface area contributed by atoms with Crippen molar-refractivity contribution >= 4 is 17.5 Å². The van der Waals surface area contributed by atoms with Crippen LogP contribution in [0, 0.1) is 0 Å². The second kappa shape index (κ2) is 6.19. The molecular weight excluding hydrogens is 286 g/mol. The number of carbonyl (C=O) groups excluding carboxylic acids is 1. The van der Waals surface area contributed by atoms with Gasteiger partial charge in [-0.2, -0.15) is 0 Å². The summed E-state index contributed by atoms with van der Waals surface area (Å²) in [5.74, 6) is 0.401. The van der Waals surface area contributed by atoms with Crippen LogP contribution in [0.2, 0.25) is 5.02 Å². The van der Waals surface area contributed by atoms with E-state index in [9.17, 15) is 4.79 Å². The Morgan fingerprint density at radius 1 is 1.19 bits per heavy atom. The van der Waals surface area contributed by atoms with Crippen LogP contribution in [0.15, 0.2) is 48.5 Å². The molecule has 0 spiro atoms. The lowest BCUT2D eigenvalue weighted by atomic mass is 10.1. The summed E-state index contributed by atoms with van der Waals surface area (Å²) in [7, 11) is 0. The molecular formula is C17H16ClNO2. The first-order chi connectivity index (χ1) is 10.2. The van der Waals surface area contributed by atoms with Gasteiger partial charge in [0.05, 0.1) is 11.1 Å². The fourth-order valence-electron chi connectivity index (χ4n) is 2.65. The molecule has 0 bridgehead atoms. The SMILES string of the molecule is O=C(COc1ccccc1Cl)NC1CCc2ccccc21.